The van der Waals surface area contributed by atoms with Gasteiger partial charge in [0.2, 0.25) is 5.91 Å². The van der Waals surface area contributed by atoms with Crippen molar-refractivity contribution in [2.45, 2.75) is 25.8 Å². The number of amides is 2. The zero-order valence-corrected chi connectivity index (χ0v) is 16.0. The second kappa shape index (κ2) is 8.91. The Balaban J connectivity index is 1.62. The number of carbonyl (C=O) groups excluding carboxylic acids is 2. The van der Waals surface area contributed by atoms with E-state index in [4.69, 9.17) is 16.3 Å². The summed E-state index contributed by atoms with van der Waals surface area (Å²) in [5.74, 6) is 0.390. The van der Waals surface area contributed by atoms with Gasteiger partial charge in [-0.3, -0.25) is 9.59 Å². The Morgan fingerprint density at radius 1 is 1.19 bits per heavy atom. The second-order valence-corrected chi connectivity index (χ2v) is 6.82. The quantitative estimate of drug-likeness (QED) is 0.820. The minimum absolute atomic E-state index is 0.0328. The van der Waals surface area contributed by atoms with Crippen molar-refractivity contribution in [2.75, 3.05) is 19.7 Å². The number of benzene rings is 2. The molecule has 0 spiro atoms. The lowest BCUT2D eigenvalue weighted by Gasteiger charge is -2.25. The predicted octanol–water partition coefficient (Wildman–Crippen LogP) is 3.83. The van der Waals surface area contributed by atoms with Crippen LogP contribution < -0.4 is 10.1 Å². The van der Waals surface area contributed by atoms with Crippen LogP contribution in [-0.4, -0.2) is 36.4 Å². The summed E-state index contributed by atoms with van der Waals surface area (Å²) in [5.41, 5.74) is 1.46. The molecule has 1 heterocycles. The van der Waals surface area contributed by atoms with Gasteiger partial charge in [0.25, 0.3) is 5.91 Å². The first-order valence-electron chi connectivity index (χ1n) is 9.15. The Morgan fingerprint density at radius 3 is 2.63 bits per heavy atom. The number of nitrogens with zero attached hydrogens (tertiary/aromatic N) is 1. The first kappa shape index (κ1) is 19.2. The smallest absolute Gasteiger partial charge is 0.253 e. The van der Waals surface area contributed by atoms with Gasteiger partial charge in [-0.25, -0.2) is 0 Å². The molecule has 1 atom stereocenters. The van der Waals surface area contributed by atoms with Gasteiger partial charge in [-0.2, -0.15) is 0 Å². The van der Waals surface area contributed by atoms with Crippen LogP contribution >= 0.6 is 11.6 Å². The highest BCUT2D eigenvalue weighted by Crippen LogP contribution is 2.32. The van der Waals surface area contributed by atoms with Crippen molar-refractivity contribution in [1.82, 2.24) is 10.2 Å². The van der Waals surface area contributed by atoms with E-state index < -0.39 is 0 Å². The van der Waals surface area contributed by atoms with Crippen LogP contribution in [0.2, 0.25) is 5.02 Å². The van der Waals surface area contributed by atoms with E-state index in [1.165, 1.54) is 0 Å². The van der Waals surface area contributed by atoms with E-state index in [2.05, 4.69) is 5.32 Å². The van der Waals surface area contributed by atoms with Crippen molar-refractivity contribution < 1.29 is 14.3 Å². The van der Waals surface area contributed by atoms with Crippen LogP contribution in [0.1, 0.15) is 41.7 Å². The summed E-state index contributed by atoms with van der Waals surface area (Å²) in [6, 6.07) is 14.7. The largest absolute Gasteiger partial charge is 0.494 e. The van der Waals surface area contributed by atoms with Crippen molar-refractivity contribution in [3.05, 3.63) is 64.7 Å². The van der Waals surface area contributed by atoms with Crippen LogP contribution in [0.5, 0.6) is 5.75 Å². The van der Waals surface area contributed by atoms with Gasteiger partial charge in [-0.15, -0.1) is 0 Å². The fourth-order valence-corrected chi connectivity index (χ4v) is 3.58. The Hall–Kier alpha value is -2.53. The van der Waals surface area contributed by atoms with E-state index >= 15 is 0 Å². The molecule has 1 unspecified atom stereocenters. The van der Waals surface area contributed by atoms with Gasteiger partial charge in [0.15, 0.2) is 0 Å². The highest BCUT2D eigenvalue weighted by molar-refractivity contribution is 6.33. The molecule has 2 aromatic carbocycles. The Kier molecular flexibility index (Phi) is 6.35. The molecular weight excluding hydrogens is 364 g/mol. The molecule has 2 amide bonds. The van der Waals surface area contributed by atoms with Gasteiger partial charge in [0.05, 0.1) is 29.8 Å². The number of carbonyl (C=O) groups is 2. The van der Waals surface area contributed by atoms with Crippen molar-refractivity contribution >= 4 is 23.4 Å². The minimum Gasteiger partial charge on any atom is -0.494 e. The van der Waals surface area contributed by atoms with Gasteiger partial charge in [-0.1, -0.05) is 35.9 Å². The average molecular weight is 387 g/mol. The summed E-state index contributed by atoms with van der Waals surface area (Å²) < 4.78 is 5.48. The van der Waals surface area contributed by atoms with E-state index in [9.17, 15) is 9.59 Å². The molecule has 3 rings (SSSR count). The number of hydrogen-bond acceptors (Lipinski definition) is 3. The molecule has 0 aliphatic carbocycles. The summed E-state index contributed by atoms with van der Waals surface area (Å²) in [5, 5.41) is 3.05. The fraction of sp³-hybridized carbons (Fsp3) is 0.333. The highest BCUT2D eigenvalue weighted by atomic mass is 35.5. The van der Waals surface area contributed by atoms with E-state index in [-0.39, 0.29) is 24.4 Å². The van der Waals surface area contributed by atoms with Gasteiger partial charge in [0.1, 0.15) is 5.75 Å². The van der Waals surface area contributed by atoms with E-state index in [1.54, 1.807) is 24.3 Å². The number of halogens is 1. The third-order valence-corrected chi connectivity index (χ3v) is 5.00. The molecule has 5 nitrogen and oxygen atoms in total. The molecule has 0 bridgehead atoms. The summed E-state index contributed by atoms with van der Waals surface area (Å²) >= 11 is 6.03. The van der Waals surface area contributed by atoms with Crippen molar-refractivity contribution in [1.29, 1.82) is 0 Å². The molecule has 1 N–H and O–H groups in total. The van der Waals surface area contributed by atoms with E-state index in [0.717, 1.165) is 24.2 Å². The Bertz CT molecular complexity index is 807. The summed E-state index contributed by atoms with van der Waals surface area (Å²) in [6.07, 6.45) is 1.86. The standard InChI is InChI=1S/C21H23ClN2O3/c1-2-27-16-11-9-15(10-12-16)19-8-5-13-24(19)20(25)14-23-21(26)17-6-3-4-7-18(17)22/h3-4,6-7,9-12,19H,2,5,8,13-14H2,1H3,(H,23,26). The second-order valence-electron chi connectivity index (χ2n) is 6.41. The molecule has 142 valence electrons. The fourth-order valence-electron chi connectivity index (χ4n) is 3.36. The molecule has 1 saturated heterocycles. The molecular formula is C21H23ClN2O3. The maximum absolute atomic E-state index is 12.7. The lowest BCUT2D eigenvalue weighted by Crippen LogP contribution is -2.39. The number of rotatable bonds is 6. The average Bonchev–Trinajstić information content (AvgIpc) is 3.17. The zero-order chi connectivity index (χ0) is 19.2. The van der Waals surface area contributed by atoms with Crippen LogP contribution in [-0.2, 0) is 4.79 Å². The van der Waals surface area contributed by atoms with Crippen LogP contribution in [0.15, 0.2) is 48.5 Å². The maximum atomic E-state index is 12.7. The van der Waals surface area contributed by atoms with Crippen molar-refractivity contribution in [2.24, 2.45) is 0 Å². The number of likely N-dealkylation sites (tertiary alicyclic amines) is 1. The topological polar surface area (TPSA) is 58.6 Å². The lowest BCUT2D eigenvalue weighted by atomic mass is 10.0. The van der Waals surface area contributed by atoms with Crippen LogP contribution in [0.25, 0.3) is 0 Å². The first-order chi connectivity index (χ1) is 13.1. The van der Waals surface area contributed by atoms with Gasteiger partial charge in [-0.05, 0) is 49.6 Å². The van der Waals surface area contributed by atoms with Crippen LogP contribution in [0, 0.1) is 0 Å². The molecule has 1 fully saturated rings. The molecule has 6 heteroatoms. The molecule has 0 saturated carbocycles. The first-order valence-corrected chi connectivity index (χ1v) is 9.53. The number of hydrogen-bond donors (Lipinski definition) is 1. The summed E-state index contributed by atoms with van der Waals surface area (Å²) in [4.78, 5) is 26.8. The Labute approximate surface area is 164 Å². The highest BCUT2D eigenvalue weighted by Gasteiger charge is 2.30. The van der Waals surface area contributed by atoms with Crippen molar-refractivity contribution in [3.8, 4) is 5.75 Å². The van der Waals surface area contributed by atoms with Gasteiger partial charge >= 0.3 is 0 Å². The molecule has 1 aliphatic heterocycles. The molecule has 0 aromatic heterocycles. The normalized spacial score (nSPS) is 16.2. The maximum Gasteiger partial charge on any atom is 0.253 e. The third-order valence-electron chi connectivity index (χ3n) is 4.67. The third kappa shape index (κ3) is 4.61. The van der Waals surface area contributed by atoms with Crippen molar-refractivity contribution in [3.63, 3.8) is 0 Å². The molecule has 27 heavy (non-hydrogen) atoms. The molecule has 1 aliphatic rings. The Morgan fingerprint density at radius 2 is 1.93 bits per heavy atom. The summed E-state index contributed by atoms with van der Waals surface area (Å²) in [6.45, 7) is 3.22. The monoisotopic (exact) mass is 386 g/mol. The van der Waals surface area contributed by atoms with Gasteiger partial charge in [0, 0.05) is 6.54 Å². The molecule has 2 aromatic rings. The zero-order valence-electron chi connectivity index (χ0n) is 15.3. The van der Waals surface area contributed by atoms with Crippen LogP contribution in [0.4, 0.5) is 0 Å². The van der Waals surface area contributed by atoms with E-state index in [1.807, 2.05) is 36.1 Å². The van der Waals surface area contributed by atoms with Gasteiger partial charge < -0.3 is 15.0 Å². The lowest BCUT2D eigenvalue weighted by molar-refractivity contribution is -0.131. The predicted molar refractivity (Wildman–Crippen MR) is 105 cm³/mol. The summed E-state index contributed by atoms with van der Waals surface area (Å²) in [7, 11) is 0. The molecule has 0 radical (unpaired) electrons. The van der Waals surface area contributed by atoms with Crippen LogP contribution in [0.3, 0.4) is 0 Å². The SMILES string of the molecule is CCOc1ccc(C2CCCN2C(=O)CNC(=O)c2ccccc2Cl)cc1. The number of ether oxygens (including phenoxy) is 1. The minimum atomic E-state index is -0.342. The van der Waals surface area contributed by atoms with E-state index in [0.29, 0.717) is 23.7 Å². The number of nitrogens with one attached hydrogen (secondary N) is 1.